The molecule has 0 aliphatic rings. The number of pyridine rings is 1. The Morgan fingerprint density at radius 3 is 2.92 bits per heavy atom. The molecule has 0 radical (unpaired) electrons. The number of hydrogen-bond donors (Lipinski definition) is 1. The van der Waals surface area contributed by atoms with Crippen LogP contribution in [0.15, 0.2) is 29.5 Å². The lowest BCUT2D eigenvalue weighted by Gasteiger charge is -1.97. The summed E-state index contributed by atoms with van der Waals surface area (Å²) in [4.78, 5) is 4.05. The number of nitrogens with zero attached hydrogens (tertiary/aromatic N) is 2. The largest absolute Gasteiger partial charge is 0.262 e. The van der Waals surface area contributed by atoms with Gasteiger partial charge in [-0.1, -0.05) is 19.9 Å². The Hall–Kier alpha value is -1.38. The summed E-state index contributed by atoms with van der Waals surface area (Å²) in [6.07, 6.45) is 3.57. The van der Waals surface area contributed by atoms with Crippen LogP contribution < -0.4 is 5.43 Å². The Bertz CT molecular complexity index is 241. The highest BCUT2D eigenvalue weighted by atomic mass is 15.3. The van der Waals surface area contributed by atoms with Crippen LogP contribution in [-0.4, -0.2) is 11.2 Å². The second kappa shape index (κ2) is 4.49. The van der Waals surface area contributed by atoms with E-state index in [1.165, 1.54) is 0 Å². The molecule has 1 N–H and O–H groups in total. The Kier molecular flexibility index (Phi) is 3.26. The minimum absolute atomic E-state index is 0.459. The van der Waals surface area contributed by atoms with Gasteiger partial charge >= 0.3 is 0 Å². The van der Waals surface area contributed by atoms with Gasteiger partial charge in [-0.15, -0.1) is 0 Å². The molecule has 64 valence electrons. The van der Waals surface area contributed by atoms with E-state index in [4.69, 9.17) is 0 Å². The highest BCUT2D eigenvalue weighted by Crippen LogP contribution is 1.98. The minimum atomic E-state index is 0.459. The van der Waals surface area contributed by atoms with Crippen molar-refractivity contribution in [1.29, 1.82) is 0 Å². The molecule has 3 nitrogen and oxygen atoms in total. The first-order chi connectivity index (χ1) is 5.79. The van der Waals surface area contributed by atoms with Gasteiger partial charge in [0.15, 0.2) is 0 Å². The second-order valence-electron chi connectivity index (χ2n) is 2.85. The molecule has 1 rings (SSSR count). The SMILES string of the molecule is CC(C)C=NNc1ccccn1. The van der Waals surface area contributed by atoms with Crippen LogP contribution >= 0.6 is 0 Å². The number of nitrogens with one attached hydrogen (secondary N) is 1. The van der Waals surface area contributed by atoms with Crippen LogP contribution in [0.4, 0.5) is 5.82 Å². The van der Waals surface area contributed by atoms with Gasteiger partial charge in [0.25, 0.3) is 0 Å². The summed E-state index contributed by atoms with van der Waals surface area (Å²) in [5.41, 5.74) is 2.83. The van der Waals surface area contributed by atoms with Crippen LogP contribution in [0, 0.1) is 5.92 Å². The first-order valence-electron chi connectivity index (χ1n) is 3.99. The average Bonchev–Trinajstić information content (AvgIpc) is 2.05. The zero-order chi connectivity index (χ0) is 8.81. The molecule has 0 unspecified atom stereocenters. The Balaban J connectivity index is 2.43. The van der Waals surface area contributed by atoms with Gasteiger partial charge in [-0.3, -0.25) is 5.43 Å². The fourth-order valence-electron chi connectivity index (χ4n) is 0.681. The van der Waals surface area contributed by atoms with Gasteiger partial charge in [-0.05, 0) is 18.1 Å². The van der Waals surface area contributed by atoms with E-state index in [0.717, 1.165) is 5.82 Å². The van der Waals surface area contributed by atoms with Gasteiger partial charge in [0.2, 0.25) is 0 Å². The molecule has 3 heteroatoms. The molecule has 0 bridgehead atoms. The average molecular weight is 163 g/mol. The van der Waals surface area contributed by atoms with E-state index in [0.29, 0.717) is 5.92 Å². The van der Waals surface area contributed by atoms with Gasteiger partial charge in [0.05, 0.1) is 0 Å². The van der Waals surface area contributed by atoms with E-state index in [1.54, 1.807) is 6.20 Å². The van der Waals surface area contributed by atoms with Crippen molar-refractivity contribution in [3.63, 3.8) is 0 Å². The van der Waals surface area contributed by atoms with Crippen molar-refractivity contribution in [2.24, 2.45) is 11.0 Å². The summed E-state index contributed by atoms with van der Waals surface area (Å²) in [5, 5.41) is 4.00. The van der Waals surface area contributed by atoms with Crippen LogP contribution in [0.3, 0.4) is 0 Å². The first kappa shape index (κ1) is 8.71. The van der Waals surface area contributed by atoms with Crippen molar-refractivity contribution in [3.05, 3.63) is 24.4 Å². The monoisotopic (exact) mass is 163 g/mol. The van der Waals surface area contributed by atoms with E-state index in [9.17, 15) is 0 Å². The highest BCUT2D eigenvalue weighted by Gasteiger charge is 1.87. The van der Waals surface area contributed by atoms with E-state index in [1.807, 2.05) is 24.4 Å². The minimum Gasteiger partial charge on any atom is -0.262 e. The molecule has 0 spiro atoms. The lowest BCUT2D eigenvalue weighted by Crippen LogP contribution is -1.94. The summed E-state index contributed by atoms with van der Waals surface area (Å²) >= 11 is 0. The molecule has 12 heavy (non-hydrogen) atoms. The van der Waals surface area contributed by atoms with Crippen LogP contribution in [0.5, 0.6) is 0 Å². The number of anilines is 1. The quantitative estimate of drug-likeness (QED) is 0.547. The summed E-state index contributed by atoms with van der Waals surface area (Å²) < 4.78 is 0. The summed E-state index contributed by atoms with van der Waals surface area (Å²) in [7, 11) is 0. The van der Waals surface area contributed by atoms with E-state index in [2.05, 4.69) is 29.4 Å². The molecule has 0 aliphatic heterocycles. The molecule has 1 aromatic rings. The summed E-state index contributed by atoms with van der Waals surface area (Å²) in [5.74, 6) is 1.23. The third kappa shape index (κ3) is 3.14. The third-order valence-electron chi connectivity index (χ3n) is 1.22. The highest BCUT2D eigenvalue weighted by molar-refractivity contribution is 5.60. The van der Waals surface area contributed by atoms with E-state index >= 15 is 0 Å². The zero-order valence-corrected chi connectivity index (χ0v) is 7.36. The van der Waals surface area contributed by atoms with Crippen LogP contribution in [-0.2, 0) is 0 Å². The lowest BCUT2D eigenvalue weighted by atomic mass is 10.3. The van der Waals surface area contributed by atoms with Crippen molar-refractivity contribution in [2.45, 2.75) is 13.8 Å². The maximum atomic E-state index is 4.05. The Morgan fingerprint density at radius 1 is 1.50 bits per heavy atom. The number of hydrazone groups is 1. The summed E-state index contributed by atoms with van der Waals surface area (Å²) in [6.45, 7) is 4.15. The van der Waals surface area contributed by atoms with Crippen molar-refractivity contribution in [2.75, 3.05) is 5.43 Å². The molecule has 0 fully saturated rings. The summed E-state index contributed by atoms with van der Waals surface area (Å²) in [6, 6.07) is 5.66. The van der Waals surface area contributed by atoms with Crippen LogP contribution in [0.25, 0.3) is 0 Å². The normalized spacial score (nSPS) is 10.9. The molecular weight excluding hydrogens is 150 g/mol. The standard InChI is InChI=1S/C9H13N3/c1-8(2)7-11-12-9-5-3-4-6-10-9/h3-8H,1-2H3,(H,10,12). The molecule has 0 aromatic carbocycles. The smallest absolute Gasteiger partial charge is 0.146 e. The maximum Gasteiger partial charge on any atom is 0.146 e. The van der Waals surface area contributed by atoms with Crippen molar-refractivity contribution in [1.82, 2.24) is 4.98 Å². The topological polar surface area (TPSA) is 37.3 Å². The van der Waals surface area contributed by atoms with Crippen LogP contribution in [0.2, 0.25) is 0 Å². The van der Waals surface area contributed by atoms with Gasteiger partial charge in [0.1, 0.15) is 5.82 Å². The van der Waals surface area contributed by atoms with Gasteiger partial charge < -0.3 is 0 Å². The van der Waals surface area contributed by atoms with E-state index < -0.39 is 0 Å². The molecular formula is C9H13N3. The predicted octanol–water partition coefficient (Wildman–Crippen LogP) is 2.14. The van der Waals surface area contributed by atoms with Crippen LogP contribution in [0.1, 0.15) is 13.8 Å². The molecule has 0 amide bonds. The maximum absolute atomic E-state index is 4.05. The Morgan fingerprint density at radius 2 is 2.33 bits per heavy atom. The number of hydrogen-bond acceptors (Lipinski definition) is 3. The van der Waals surface area contributed by atoms with Gasteiger partial charge in [0, 0.05) is 12.4 Å². The third-order valence-corrected chi connectivity index (χ3v) is 1.22. The number of aromatic nitrogens is 1. The zero-order valence-electron chi connectivity index (χ0n) is 7.36. The van der Waals surface area contributed by atoms with Gasteiger partial charge in [-0.2, -0.15) is 5.10 Å². The fourth-order valence-corrected chi connectivity index (χ4v) is 0.681. The van der Waals surface area contributed by atoms with Crippen molar-refractivity contribution < 1.29 is 0 Å². The lowest BCUT2D eigenvalue weighted by molar-refractivity contribution is 0.903. The molecule has 0 saturated heterocycles. The molecule has 0 atom stereocenters. The van der Waals surface area contributed by atoms with Crippen molar-refractivity contribution >= 4 is 12.0 Å². The molecule has 0 saturated carbocycles. The van der Waals surface area contributed by atoms with Gasteiger partial charge in [-0.25, -0.2) is 4.98 Å². The number of rotatable bonds is 3. The van der Waals surface area contributed by atoms with Crippen molar-refractivity contribution in [3.8, 4) is 0 Å². The van der Waals surface area contributed by atoms with E-state index in [-0.39, 0.29) is 0 Å². The molecule has 0 aliphatic carbocycles. The second-order valence-corrected chi connectivity index (χ2v) is 2.85. The first-order valence-corrected chi connectivity index (χ1v) is 3.99. The predicted molar refractivity (Wildman–Crippen MR) is 51.2 cm³/mol. The fraction of sp³-hybridized carbons (Fsp3) is 0.333. The molecule has 1 heterocycles. The Labute approximate surface area is 72.5 Å². The molecule has 1 aromatic heterocycles.